The number of carbonyl (C=O) groups excluding carboxylic acids is 1. The molecule has 0 saturated carbocycles. The van der Waals surface area contributed by atoms with Gasteiger partial charge in [0.05, 0.1) is 6.20 Å². The number of carbonyl (C=O) groups is 1. The van der Waals surface area contributed by atoms with Crippen molar-refractivity contribution in [2.45, 2.75) is 26.8 Å². The quantitative estimate of drug-likeness (QED) is 0.787. The van der Waals surface area contributed by atoms with Gasteiger partial charge in [0.2, 0.25) is 0 Å². The zero-order chi connectivity index (χ0) is 16.6. The van der Waals surface area contributed by atoms with E-state index in [-0.39, 0.29) is 18.0 Å². The van der Waals surface area contributed by atoms with Crippen molar-refractivity contribution in [3.05, 3.63) is 29.7 Å². The molecular weight excluding hydrogens is 298 g/mol. The molecule has 0 spiro atoms. The largest absolute Gasteiger partial charge is 0.401 e. The summed E-state index contributed by atoms with van der Waals surface area (Å²) in [6.07, 6.45) is 3.28. The molecule has 9 heteroatoms. The van der Waals surface area contributed by atoms with E-state index >= 15 is 0 Å². The van der Waals surface area contributed by atoms with E-state index in [9.17, 15) is 4.79 Å². The van der Waals surface area contributed by atoms with Crippen LogP contribution in [0.4, 0.5) is 6.01 Å². The van der Waals surface area contributed by atoms with Crippen LogP contribution in [0, 0.1) is 6.92 Å². The molecule has 120 valence electrons. The Morgan fingerprint density at radius 2 is 2.09 bits per heavy atom. The number of aryl methyl sites for hydroxylation is 2. The minimum absolute atomic E-state index is 0.0297. The smallest absolute Gasteiger partial charge is 0.322 e. The summed E-state index contributed by atoms with van der Waals surface area (Å²) in [5.74, 6) is -0.0525. The topological polar surface area (TPSA) is 104 Å². The first-order chi connectivity index (χ1) is 11.0. The third-order valence-corrected chi connectivity index (χ3v) is 3.36. The molecule has 3 aromatic rings. The lowest BCUT2D eigenvalue weighted by Gasteiger charge is -2.07. The van der Waals surface area contributed by atoms with E-state index in [2.05, 4.69) is 25.7 Å². The number of nitrogens with one attached hydrogen (secondary N) is 1. The number of hydrogen-bond donors (Lipinski definition) is 1. The van der Waals surface area contributed by atoms with Gasteiger partial charge in [0, 0.05) is 19.3 Å². The van der Waals surface area contributed by atoms with Crippen molar-refractivity contribution in [3.8, 4) is 11.6 Å². The van der Waals surface area contributed by atoms with Crippen LogP contribution in [0.1, 0.15) is 35.9 Å². The summed E-state index contributed by atoms with van der Waals surface area (Å²) < 4.78 is 8.79. The second-order valence-electron chi connectivity index (χ2n) is 5.42. The van der Waals surface area contributed by atoms with Crippen LogP contribution >= 0.6 is 0 Å². The average molecular weight is 315 g/mol. The van der Waals surface area contributed by atoms with Gasteiger partial charge in [-0.15, -0.1) is 5.10 Å². The molecule has 0 fully saturated rings. The molecule has 3 heterocycles. The molecule has 0 unspecified atom stereocenters. The van der Waals surface area contributed by atoms with E-state index in [1.807, 2.05) is 20.8 Å². The molecule has 0 radical (unpaired) electrons. The summed E-state index contributed by atoms with van der Waals surface area (Å²) >= 11 is 0. The Hall–Kier alpha value is -2.97. The number of hydrogen-bond acceptors (Lipinski definition) is 6. The van der Waals surface area contributed by atoms with Gasteiger partial charge in [-0.1, -0.05) is 5.10 Å². The number of rotatable bonds is 4. The van der Waals surface area contributed by atoms with Crippen molar-refractivity contribution in [3.63, 3.8) is 0 Å². The molecule has 0 aliphatic heterocycles. The van der Waals surface area contributed by atoms with Crippen LogP contribution in [-0.4, -0.2) is 35.7 Å². The van der Waals surface area contributed by atoms with Crippen LogP contribution in [0.2, 0.25) is 0 Å². The van der Waals surface area contributed by atoms with Gasteiger partial charge in [0.25, 0.3) is 11.8 Å². The van der Waals surface area contributed by atoms with Crippen LogP contribution < -0.4 is 5.32 Å². The Bertz CT molecular complexity index is 824. The highest BCUT2D eigenvalue weighted by Gasteiger charge is 2.19. The van der Waals surface area contributed by atoms with Crippen molar-refractivity contribution in [1.29, 1.82) is 0 Å². The van der Waals surface area contributed by atoms with Gasteiger partial charge in [-0.05, 0) is 32.4 Å². The van der Waals surface area contributed by atoms with Crippen LogP contribution in [0.25, 0.3) is 11.6 Å². The second kappa shape index (κ2) is 5.67. The molecule has 3 aromatic heterocycles. The summed E-state index contributed by atoms with van der Waals surface area (Å²) in [4.78, 5) is 12.3. The number of amides is 1. The lowest BCUT2D eigenvalue weighted by molar-refractivity contribution is 0.101. The molecule has 9 nitrogen and oxygen atoms in total. The summed E-state index contributed by atoms with van der Waals surface area (Å²) in [6.45, 7) is 5.81. The van der Waals surface area contributed by atoms with Crippen molar-refractivity contribution in [1.82, 2.24) is 29.8 Å². The normalized spacial score (nSPS) is 11.2. The molecule has 1 amide bonds. The standard InChI is InChI=1S/C14H17N7O2/c1-8(2)21-10(5-6-15-21)13-18-19-14(23-13)17-12(22)11-9(3)7-16-20(11)4/h5-8H,1-4H3,(H,17,19,22). The van der Waals surface area contributed by atoms with E-state index in [4.69, 9.17) is 4.42 Å². The monoisotopic (exact) mass is 315 g/mol. The zero-order valence-corrected chi connectivity index (χ0v) is 13.3. The molecule has 0 aliphatic rings. The van der Waals surface area contributed by atoms with Gasteiger partial charge in [0.1, 0.15) is 11.4 Å². The predicted molar refractivity (Wildman–Crippen MR) is 81.8 cm³/mol. The van der Waals surface area contributed by atoms with E-state index in [0.29, 0.717) is 17.3 Å². The number of nitrogens with zero attached hydrogens (tertiary/aromatic N) is 6. The fourth-order valence-electron chi connectivity index (χ4n) is 2.30. The van der Waals surface area contributed by atoms with Crippen LogP contribution in [-0.2, 0) is 7.05 Å². The Kier molecular flexibility index (Phi) is 3.68. The van der Waals surface area contributed by atoms with Gasteiger partial charge in [-0.2, -0.15) is 10.2 Å². The fraction of sp³-hybridized carbons (Fsp3) is 0.357. The lowest BCUT2D eigenvalue weighted by Crippen LogP contribution is -2.17. The van der Waals surface area contributed by atoms with Gasteiger partial charge in [0.15, 0.2) is 0 Å². The maximum absolute atomic E-state index is 12.3. The molecule has 3 rings (SSSR count). The molecule has 0 aliphatic carbocycles. The minimum atomic E-state index is -0.352. The predicted octanol–water partition coefficient (Wildman–Crippen LogP) is 1.81. The third kappa shape index (κ3) is 2.72. The number of anilines is 1. The van der Waals surface area contributed by atoms with Gasteiger partial charge < -0.3 is 4.42 Å². The van der Waals surface area contributed by atoms with Crippen LogP contribution in [0.3, 0.4) is 0 Å². The summed E-state index contributed by atoms with van der Waals surface area (Å²) in [7, 11) is 1.70. The van der Waals surface area contributed by atoms with Crippen molar-refractivity contribution >= 4 is 11.9 Å². The fourth-order valence-corrected chi connectivity index (χ4v) is 2.30. The molecule has 0 saturated heterocycles. The Labute approximate surface area is 132 Å². The van der Waals surface area contributed by atoms with Crippen LogP contribution in [0.5, 0.6) is 0 Å². The molecule has 0 bridgehead atoms. The van der Waals surface area contributed by atoms with Crippen molar-refractivity contribution < 1.29 is 9.21 Å². The highest BCUT2D eigenvalue weighted by Crippen LogP contribution is 2.22. The lowest BCUT2D eigenvalue weighted by atomic mass is 10.2. The first-order valence-electron chi connectivity index (χ1n) is 7.14. The Morgan fingerprint density at radius 3 is 2.74 bits per heavy atom. The number of aromatic nitrogens is 6. The summed E-state index contributed by atoms with van der Waals surface area (Å²) in [6, 6.07) is 1.97. The van der Waals surface area contributed by atoms with Crippen molar-refractivity contribution in [2.24, 2.45) is 7.05 Å². The van der Waals surface area contributed by atoms with Gasteiger partial charge in [-0.25, -0.2) is 0 Å². The molecule has 1 N–H and O–H groups in total. The van der Waals surface area contributed by atoms with Crippen LogP contribution in [0.15, 0.2) is 22.9 Å². The van der Waals surface area contributed by atoms with Gasteiger partial charge >= 0.3 is 6.01 Å². The SMILES string of the molecule is Cc1cnn(C)c1C(=O)Nc1nnc(-c2ccnn2C(C)C)o1. The average Bonchev–Trinajstić information content (AvgIpc) is 3.18. The van der Waals surface area contributed by atoms with E-state index in [1.165, 1.54) is 4.68 Å². The molecule has 23 heavy (non-hydrogen) atoms. The van der Waals surface area contributed by atoms with E-state index in [0.717, 1.165) is 5.56 Å². The highest BCUT2D eigenvalue weighted by atomic mass is 16.4. The minimum Gasteiger partial charge on any atom is -0.401 e. The second-order valence-corrected chi connectivity index (χ2v) is 5.42. The first kappa shape index (κ1) is 14.9. The summed E-state index contributed by atoms with van der Waals surface area (Å²) in [5, 5.41) is 18.7. The third-order valence-electron chi connectivity index (χ3n) is 3.36. The summed E-state index contributed by atoms with van der Waals surface area (Å²) in [5.41, 5.74) is 1.91. The van der Waals surface area contributed by atoms with Gasteiger partial charge in [-0.3, -0.25) is 19.5 Å². The van der Waals surface area contributed by atoms with E-state index in [1.54, 1.807) is 30.2 Å². The molecule has 0 aromatic carbocycles. The Morgan fingerprint density at radius 1 is 1.30 bits per heavy atom. The zero-order valence-electron chi connectivity index (χ0n) is 13.3. The maximum atomic E-state index is 12.3. The molecular formula is C14H17N7O2. The molecule has 0 atom stereocenters. The highest BCUT2D eigenvalue weighted by molar-refractivity contribution is 6.02. The van der Waals surface area contributed by atoms with Crippen molar-refractivity contribution in [2.75, 3.05) is 5.32 Å². The maximum Gasteiger partial charge on any atom is 0.322 e. The van der Waals surface area contributed by atoms with E-state index < -0.39 is 0 Å². The Balaban J connectivity index is 1.83. The first-order valence-corrected chi connectivity index (χ1v) is 7.14.